The Balaban J connectivity index is 2.28. The van der Waals surface area contributed by atoms with E-state index in [4.69, 9.17) is 4.74 Å². The van der Waals surface area contributed by atoms with Gasteiger partial charge in [-0.25, -0.2) is 0 Å². The van der Waals surface area contributed by atoms with Crippen LogP contribution in [0.4, 0.5) is 0 Å². The predicted molar refractivity (Wildman–Crippen MR) is 119 cm³/mol. The number of carbonyl (C=O) groups excluding carboxylic acids is 1. The highest BCUT2D eigenvalue weighted by Gasteiger charge is 2.19. The highest BCUT2D eigenvalue weighted by molar-refractivity contribution is 5.76. The summed E-state index contributed by atoms with van der Waals surface area (Å²) in [5.41, 5.74) is 2.49. The third kappa shape index (κ3) is 10.1. The first-order chi connectivity index (χ1) is 13.2. The molecule has 28 heavy (non-hydrogen) atoms. The molecule has 0 spiro atoms. The molecule has 0 atom stereocenters. The van der Waals surface area contributed by atoms with Gasteiger partial charge in [0.2, 0.25) is 0 Å². The van der Waals surface area contributed by atoms with Crippen molar-refractivity contribution in [2.24, 2.45) is 0 Å². The van der Waals surface area contributed by atoms with Crippen molar-refractivity contribution in [1.29, 1.82) is 0 Å². The summed E-state index contributed by atoms with van der Waals surface area (Å²) in [4.78, 5) is 12.2. The minimum Gasteiger partial charge on any atom is -0.493 e. The van der Waals surface area contributed by atoms with E-state index < -0.39 is 0 Å². The van der Waals surface area contributed by atoms with Crippen LogP contribution >= 0.6 is 0 Å². The molecule has 1 aromatic carbocycles. The van der Waals surface area contributed by atoms with E-state index in [0.717, 1.165) is 31.7 Å². The van der Waals surface area contributed by atoms with Crippen molar-refractivity contribution in [1.82, 2.24) is 5.32 Å². The summed E-state index contributed by atoms with van der Waals surface area (Å²) < 4.78 is 6.72. The minimum atomic E-state index is 0.155. The van der Waals surface area contributed by atoms with E-state index in [2.05, 4.69) is 65.3 Å². The molecule has 160 valence electrons. The average Bonchev–Trinajstić information content (AvgIpc) is 2.62. The fraction of sp³-hybridized carbons (Fsp3) is 0.708. The Labute approximate surface area is 173 Å². The van der Waals surface area contributed by atoms with Gasteiger partial charge in [0.15, 0.2) is 6.54 Å². The highest BCUT2D eigenvalue weighted by Crippen LogP contribution is 2.24. The zero-order valence-electron chi connectivity index (χ0n) is 19.1. The third-order valence-electron chi connectivity index (χ3n) is 5.22. The van der Waals surface area contributed by atoms with Crippen LogP contribution in [0.3, 0.4) is 0 Å². The van der Waals surface area contributed by atoms with Crippen LogP contribution in [0.1, 0.15) is 76.3 Å². The second-order valence-corrected chi connectivity index (χ2v) is 8.96. The number of rotatable bonds is 14. The molecule has 4 nitrogen and oxygen atoms in total. The number of benzene rings is 1. The molecule has 0 fully saturated rings. The minimum absolute atomic E-state index is 0.155. The number of amides is 1. The summed E-state index contributed by atoms with van der Waals surface area (Å²) in [6.45, 7) is 11.6. The van der Waals surface area contributed by atoms with E-state index in [0.29, 0.717) is 23.6 Å². The number of hydrogen-bond donors (Lipinski definition) is 1. The lowest BCUT2D eigenvalue weighted by Crippen LogP contribution is -2.48. The van der Waals surface area contributed by atoms with E-state index in [1.165, 1.54) is 36.8 Å². The zero-order valence-corrected chi connectivity index (χ0v) is 19.1. The fourth-order valence-electron chi connectivity index (χ4n) is 3.29. The normalized spacial score (nSPS) is 11.7. The van der Waals surface area contributed by atoms with Crippen LogP contribution < -0.4 is 10.1 Å². The maximum Gasteiger partial charge on any atom is 0.275 e. The molecule has 0 aliphatic rings. The quantitative estimate of drug-likeness (QED) is 0.356. The summed E-state index contributed by atoms with van der Waals surface area (Å²) >= 11 is 0. The third-order valence-corrected chi connectivity index (χ3v) is 5.22. The number of likely N-dealkylation sites (N-methyl/N-ethyl adjacent to an activating group) is 1. The van der Waals surface area contributed by atoms with E-state index >= 15 is 0 Å². The van der Waals surface area contributed by atoms with Crippen molar-refractivity contribution in [2.45, 2.75) is 72.1 Å². The second-order valence-electron chi connectivity index (χ2n) is 8.96. The SMILES string of the molecule is CCCCCCCNC(=O)C[N+](C)(C)CCCOc1cc(C(C)C)ccc1C. The van der Waals surface area contributed by atoms with Crippen molar-refractivity contribution in [3.8, 4) is 5.75 Å². The Morgan fingerprint density at radius 1 is 1.11 bits per heavy atom. The monoisotopic (exact) mass is 391 g/mol. The lowest BCUT2D eigenvalue weighted by Gasteiger charge is -2.29. The van der Waals surface area contributed by atoms with Gasteiger partial charge in [0.1, 0.15) is 5.75 Å². The van der Waals surface area contributed by atoms with Crippen molar-refractivity contribution in [3.05, 3.63) is 29.3 Å². The van der Waals surface area contributed by atoms with Crippen LogP contribution in [0.5, 0.6) is 5.75 Å². The molecule has 1 rings (SSSR count). The van der Waals surface area contributed by atoms with Gasteiger partial charge in [-0.3, -0.25) is 4.79 Å². The van der Waals surface area contributed by atoms with E-state index in [1.807, 2.05) is 0 Å². The number of unbranched alkanes of at least 4 members (excludes halogenated alkanes) is 4. The van der Waals surface area contributed by atoms with Crippen LogP contribution in [0.2, 0.25) is 0 Å². The first-order valence-electron chi connectivity index (χ1n) is 11.1. The van der Waals surface area contributed by atoms with Crippen molar-refractivity contribution >= 4 is 5.91 Å². The van der Waals surface area contributed by atoms with Crippen LogP contribution in [0.15, 0.2) is 18.2 Å². The lowest BCUT2D eigenvalue weighted by molar-refractivity contribution is -0.882. The predicted octanol–water partition coefficient (Wildman–Crippen LogP) is 5.05. The zero-order chi connectivity index (χ0) is 21.0. The highest BCUT2D eigenvalue weighted by atomic mass is 16.5. The van der Waals surface area contributed by atoms with Crippen molar-refractivity contribution in [3.63, 3.8) is 0 Å². The Bertz CT molecular complexity index is 582. The number of aryl methyl sites for hydroxylation is 1. The molecular weight excluding hydrogens is 348 g/mol. The van der Waals surface area contributed by atoms with Crippen LogP contribution in [-0.4, -0.2) is 50.7 Å². The van der Waals surface area contributed by atoms with Crippen molar-refractivity contribution in [2.75, 3.05) is 40.3 Å². The molecule has 0 heterocycles. The Kier molecular flexibility index (Phi) is 11.2. The second kappa shape index (κ2) is 12.8. The molecule has 0 radical (unpaired) electrons. The summed E-state index contributed by atoms with van der Waals surface area (Å²) in [6, 6.07) is 6.47. The molecule has 1 amide bonds. The molecule has 0 aromatic heterocycles. The number of ether oxygens (including phenoxy) is 1. The van der Waals surface area contributed by atoms with Gasteiger partial charge in [-0.2, -0.15) is 0 Å². The fourth-order valence-corrected chi connectivity index (χ4v) is 3.29. The van der Waals surface area contributed by atoms with Gasteiger partial charge in [0.25, 0.3) is 5.91 Å². The number of carbonyl (C=O) groups is 1. The smallest absolute Gasteiger partial charge is 0.275 e. The van der Waals surface area contributed by atoms with Crippen molar-refractivity contribution < 1.29 is 14.0 Å². The summed E-state index contributed by atoms with van der Waals surface area (Å²) in [6.07, 6.45) is 7.05. The maximum absolute atomic E-state index is 12.2. The number of nitrogens with zero attached hydrogens (tertiary/aromatic N) is 1. The first kappa shape index (κ1) is 24.5. The number of nitrogens with one attached hydrogen (secondary N) is 1. The molecule has 0 saturated carbocycles. The summed E-state index contributed by atoms with van der Waals surface area (Å²) in [7, 11) is 4.23. The van der Waals surface area contributed by atoms with Crippen LogP contribution in [0, 0.1) is 6.92 Å². The summed E-state index contributed by atoms with van der Waals surface area (Å²) in [5.74, 6) is 1.64. The van der Waals surface area contributed by atoms with Gasteiger partial charge in [0, 0.05) is 13.0 Å². The van der Waals surface area contributed by atoms with Gasteiger partial charge in [-0.1, -0.05) is 58.6 Å². The van der Waals surface area contributed by atoms with Gasteiger partial charge >= 0.3 is 0 Å². The molecule has 1 aromatic rings. The lowest BCUT2D eigenvalue weighted by atomic mass is 10.0. The molecular formula is C24H43N2O2+. The van der Waals surface area contributed by atoms with E-state index in [1.54, 1.807) is 0 Å². The maximum atomic E-state index is 12.2. The average molecular weight is 392 g/mol. The molecule has 0 aliphatic carbocycles. The summed E-state index contributed by atoms with van der Waals surface area (Å²) in [5, 5.41) is 3.07. The van der Waals surface area contributed by atoms with Gasteiger partial charge in [0.05, 0.1) is 27.2 Å². The topological polar surface area (TPSA) is 38.3 Å². The van der Waals surface area contributed by atoms with E-state index in [-0.39, 0.29) is 5.91 Å². The largest absolute Gasteiger partial charge is 0.493 e. The number of quaternary nitrogens is 1. The molecule has 0 saturated heterocycles. The van der Waals surface area contributed by atoms with E-state index in [9.17, 15) is 4.79 Å². The Morgan fingerprint density at radius 2 is 1.82 bits per heavy atom. The van der Waals surface area contributed by atoms with Gasteiger partial charge in [-0.15, -0.1) is 0 Å². The Hall–Kier alpha value is -1.55. The van der Waals surface area contributed by atoms with Gasteiger partial charge in [-0.05, 0) is 36.5 Å². The Morgan fingerprint density at radius 3 is 2.50 bits per heavy atom. The molecule has 0 bridgehead atoms. The van der Waals surface area contributed by atoms with Crippen LogP contribution in [-0.2, 0) is 4.79 Å². The first-order valence-corrected chi connectivity index (χ1v) is 11.1. The van der Waals surface area contributed by atoms with Gasteiger partial charge < -0.3 is 14.5 Å². The number of hydrogen-bond acceptors (Lipinski definition) is 2. The standard InChI is InChI=1S/C24H42N2O2/c1-7-8-9-10-11-15-25-24(27)19-26(5,6)16-12-17-28-23-18-22(20(2)3)14-13-21(23)4/h13-14,18,20H,7-12,15-17,19H2,1-6H3/p+1. The van der Waals surface area contributed by atoms with Crippen LogP contribution in [0.25, 0.3) is 0 Å². The molecule has 0 aliphatic heterocycles. The molecule has 4 heteroatoms. The molecule has 0 unspecified atom stereocenters. The molecule has 1 N–H and O–H groups in total.